The van der Waals surface area contributed by atoms with Crippen molar-refractivity contribution in [1.29, 1.82) is 0 Å². The van der Waals surface area contributed by atoms with Crippen molar-refractivity contribution in [3.05, 3.63) is 23.1 Å². The summed E-state index contributed by atoms with van der Waals surface area (Å²) in [5, 5.41) is 28.8. The summed E-state index contributed by atoms with van der Waals surface area (Å²) in [5.41, 5.74) is 1.46. The fourth-order valence-corrected chi connectivity index (χ4v) is 4.99. The number of ether oxygens (including phenoxy) is 2. The number of nitrogens with zero attached hydrogens (tertiary/aromatic N) is 3. The first kappa shape index (κ1) is 23.8. The molecule has 0 aromatic carbocycles. The normalized spacial score (nSPS) is 27.9. The average molecular weight is 491 g/mol. The van der Waals surface area contributed by atoms with Gasteiger partial charge in [-0.3, -0.25) is 4.57 Å². The molecule has 0 amide bonds. The van der Waals surface area contributed by atoms with Crippen LogP contribution in [0.3, 0.4) is 0 Å². The van der Waals surface area contributed by atoms with Crippen LogP contribution in [0, 0.1) is 0 Å². The Hall–Kier alpha value is -1.30. The van der Waals surface area contributed by atoms with Gasteiger partial charge in [0.15, 0.2) is 5.82 Å². The van der Waals surface area contributed by atoms with Gasteiger partial charge in [0.1, 0.15) is 30.2 Å². The molecule has 4 rings (SSSR count). The van der Waals surface area contributed by atoms with Gasteiger partial charge in [-0.05, 0) is 36.6 Å². The van der Waals surface area contributed by atoms with Gasteiger partial charge < -0.3 is 34.8 Å². The van der Waals surface area contributed by atoms with E-state index in [0.29, 0.717) is 17.6 Å². The summed E-state index contributed by atoms with van der Waals surface area (Å²) in [5.74, 6) is 0.256. The van der Waals surface area contributed by atoms with Crippen LogP contribution in [0.1, 0.15) is 44.2 Å². The van der Waals surface area contributed by atoms with Gasteiger partial charge in [-0.2, -0.15) is 4.98 Å². The van der Waals surface area contributed by atoms with E-state index in [1.165, 1.54) is 12.8 Å². The first-order chi connectivity index (χ1) is 15.1. The zero-order chi connectivity index (χ0) is 23.0. The van der Waals surface area contributed by atoms with E-state index in [0.717, 1.165) is 18.4 Å². The maximum atomic E-state index is 11.0. The monoisotopic (exact) mass is 490 g/mol. The zero-order valence-electron chi connectivity index (χ0n) is 17.5. The molecule has 0 bridgehead atoms. The lowest BCUT2D eigenvalue weighted by molar-refractivity contribution is -0.0436. The van der Waals surface area contributed by atoms with E-state index in [1.54, 1.807) is 4.52 Å². The number of aromatic nitrogens is 3. The average Bonchev–Trinajstić information content (AvgIpc) is 3.43. The number of hydrogen-bond acceptors (Lipinski definition) is 8. The maximum absolute atomic E-state index is 11.0. The Labute approximate surface area is 189 Å². The SMILES string of the molecule is CC(c1ccc2c(NC3CCCC3)nc(Cl)nn12)[C@H]1O[C@H](COCP(=O)(O)O)[C@@H](O)[C@H]1O. The van der Waals surface area contributed by atoms with Crippen molar-refractivity contribution in [2.75, 3.05) is 18.3 Å². The van der Waals surface area contributed by atoms with Crippen molar-refractivity contribution in [1.82, 2.24) is 14.6 Å². The van der Waals surface area contributed by atoms with Gasteiger partial charge in [0.05, 0.1) is 12.7 Å². The summed E-state index contributed by atoms with van der Waals surface area (Å²) in [4.78, 5) is 22.2. The first-order valence-corrected chi connectivity index (χ1v) is 12.8. The number of hydrogen-bond donors (Lipinski definition) is 5. The number of halogens is 1. The number of aliphatic hydroxyl groups excluding tert-OH is 2. The molecule has 5 N–H and O–H groups in total. The molecule has 1 aliphatic heterocycles. The van der Waals surface area contributed by atoms with Crippen LogP contribution in [0.15, 0.2) is 12.1 Å². The number of rotatable bonds is 8. The molecular formula is C19H28ClN4O7P. The standard InChI is InChI=1S/C19H28ClN4O7P/c1-10(17-16(26)15(25)14(31-17)8-30-9-32(27,28)29)12-6-7-13-18(21-11-4-2-3-5-11)22-19(20)23-24(12)13/h6-7,10-11,14-17,25-26H,2-5,8-9H2,1H3,(H,21,22,23)(H2,27,28,29)/t10?,14-,15-,16-,17-/m1/s1. The molecule has 2 fully saturated rings. The van der Waals surface area contributed by atoms with Gasteiger partial charge in [-0.1, -0.05) is 19.8 Å². The number of nitrogens with one attached hydrogen (secondary N) is 1. The quantitative estimate of drug-likeness (QED) is 0.343. The lowest BCUT2D eigenvalue weighted by Gasteiger charge is -2.22. The van der Waals surface area contributed by atoms with Crippen LogP contribution in [-0.4, -0.2) is 78.0 Å². The smallest absolute Gasteiger partial charge is 0.350 e. The largest absolute Gasteiger partial charge is 0.388 e. The Morgan fingerprint density at radius 3 is 2.72 bits per heavy atom. The molecule has 0 radical (unpaired) electrons. The molecule has 1 aliphatic carbocycles. The number of anilines is 1. The van der Waals surface area contributed by atoms with Crippen LogP contribution in [0.2, 0.25) is 5.28 Å². The zero-order valence-corrected chi connectivity index (χ0v) is 19.2. The van der Waals surface area contributed by atoms with Crippen LogP contribution in [0.4, 0.5) is 5.82 Å². The Balaban J connectivity index is 1.52. The molecular weight excluding hydrogens is 463 g/mol. The Bertz CT molecular complexity index is 995. The van der Waals surface area contributed by atoms with Crippen molar-refractivity contribution in [2.45, 2.75) is 69.0 Å². The summed E-state index contributed by atoms with van der Waals surface area (Å²) < 4.78 is 23.4. The van der Waals surface area contributed by atoms with Gasteiger partial charge in [-0.25, -0.2) is 4.52 Å². The molecule has 178 valence electrons. The molecule has 32 heavy (non-hydrogen) atoms. The van der Waals surface area contributed by atoms with Crippen LogP contribution >= 0.6 is 19.2 Å². The van der Waals surface area contributed by atoms with E-state index < -0.39 is 38.4 Å². The molecule has 11 nitrogen and oxygen atoms in total. The van der Waals surface area contributed by atoms with E-state index in [4.69, 9.17) is 30.9 Å². The number of fused-ring (bicyclic) bond motifs is 1. The van der Waals surface area contributed by atoms with Crippen molar-refractivity contribution in [3.8, 4) is 0 Å². The van der Waals surface area contributed by atoms with Gasteiger partial charge in [0, 0.05) is 17.7 Å². The van der Waals surface area contributed by atoms with Crippen LogP contribution in [0.25, 0.3) is 5.52 Å². The van der Waals surface area contributed by atoms with E-state index >= 15 is 0 Å². The highest BCUT2D eigenvalue weighted by molar-refractivity contribution is 7.51. The Morgan fingerprint density at radius 1 is 1.31 bits per heavy atom. The number of aliphatic hydroxyl groups is 2. The molecule has 3 heterocycles. The minimum atomic E-state index is -4.34. The maximum Gasteiger partial charge on any atom is 0.350 e. The van der Waals surface area contributed by atoms with Crippen LogP contribution < -0.4 is 5.32 Å². The second-order valence-electron chi connectivity index (χ2n) is 8.48. The predicted octanol–water partition coefficient (Wildman–Crippen LogP) is 1.48. The first-order valence-electron chi connectivity index (χ1n) is 10.6. The molecule has 13 heteroatoms. The Morgan fingerprint density at radius 2 is 2.03 bits per heavy atom. The molecule has 2 aromatic rings. The molecule has 1 saturated carbocycles. The summed E-state index contributed by atoms with van der Waals surface area (Å²) in [6.45, 7) is 1.58. The molecule has 1 saturated heterocycles. The van der Waals surface area contributed by atoms with E-state index in [-0.39, 0.29) is 17.8 Å². The van der Waals surface area contributed by atoms with Gasteiger partial charge in [0.25, 0.3) is 0 Å². The minimum absolute atomic E-state index is 0.0827. The fourth-order valence-electron chi connectivity index (χ4n) is 4.49. The second kappa shape index (κ2) is 9.52. The highest BCUT2D eigenvalue weighted by Gasteiger charge is 2.46. The lowest BCUT2D eigenvalue weighted by atomic mass is 9.95. The fraction of sp³-hybridized carbons (Fsp3) is 0.684. The van der Waals surface area contributed by atoms with Crippen LogP contribution in [0.5, 0.6) is 0 Å². The highest BCUT2D eigenvalue weighted by atomic mass is 35.5. The van der Waals surface area contributed by atoms with Crippen molar-refractivity contribution in [2.24, 2.45) is 0 Å². The van der Waals surface area contributed by atoms with E-state index in [9.17, 15) is 14.8 Å². The van der Waals surface area contributed by atoms with Crippen molar-refractivity contribution < 1.29 is 34.0 Å². The molecule has 5 atom stereocenters. The van der Waals surface area contributed by atoms with E-state index in [1.807, 2.05) is 19.1 Å². The molecule has 0 spiro atoms. The van der Waals surface area contributed by atoms with Gasteiger partial charge in [-0.15, -0.1) is 5.10 Å². The summed E-state index contributed by atoms with van der Waals surface area (Å²) in [7, 11) is -4.34. The van der Waals surface area contributed by atoms with Crippen molar-refractivity contribution >= 4 is 30.5 Å². The third kappa shape index (κ3) is 5.10. The predicted molar refractivity (Wildman–Crippen MR) is 116 cm³/mol. The molecule has 2 aromatic heterocycles. The van der Waals surface area contributed by atoms with Gasteiger partial charge in [0.2, 0.25) is 5.28 Å². The summed E-state index contributed by atoms with van der Waals surface area (Å²) >= 11 is 6.19. The minimum Gasteiger partial charge on any atom is -0.388 e. The second-order valence-corrected chi connectivity index (χ2v) is 10.4. The van der Waals surface area contributed by atoms with Crippen molar-refractivity contribution in [3.63, 3.8) is 0 Å². The molecule has 1 unspecified atom stereocenters. The van der Waals surface area contributed by atoms with Gasteiger partial charge >= 0.3 is 7.60 Å². The van der Waals surface area contributed by atoms with Crippen LogP contribution in [-0.2, 0) is 14.0 Å². The topological polar surface area (TPSA) is 159 Å². The third-order valence-corrected chi connectivity index (χ3v) is 6.79. The highest BCUT2D eigenvalue weighted by Crippen LogP contribution is 2.36. The lowest BCUT2D eigenvalue weighted by Crippen LogP contribution is -2.36. The molecule has 2 aliphatic rings. The Kier molecular flexibility index (Phi) is 7.09. The third-order valence-electron chi connectivity index (χ3n) is 6.11. The summed E-state index contributed by atoms with van der Waals surface area (Å²) in [6.07, 6.45) is -0.476. The summed E-state index contributed by atoms with van der Waals surface area (Å²) in [6, 6.07) is 4.06. The van der Waals surface area contributed by atoms with E-state index in [2.05, 4.69) is 15.4 Å².